The maximum Gasteiger partial charge on any atom is 0.410 e. The second kappa shape index (κ2) is 10.8. The van der Waals surface area contributed by atoms with Crippen LogP contribution in [0.2, 0.25) is 5.02 Å². The molecule has 4 rings (SSSR count). The molecule has 1 aromatic carbocycles. The third kappa shape index (κ3) is 5.55. The van der Waals surface area contributed by atoms with Gasteiger partial charge in [0.2, 0.25) is 5.06 Å². The van der Waals surface area contributed by atoms with Crippen LogP contribution in [0.1, 0.15) is 43.4 Å². The number of carbonyl (C=O) groups excluding carboxylic acids is 1. The van der Waals surface area contributed by atoms with E-state index in [2.05, 4.69) is 23.2 Å². The Morgan fingerprint density at radius 1 is 1.35 bits per heavy atom. The van der Waals surface area contributed by atoms with Crippen molar-refractivity contribution < 1.29 is 14.6 Å². The van der Waals surface area contributed by atoms with Crippen molar-refractivity contribution in [3.63, 3.8) is 0 Å². The van der Waals surface area contributed by atoms with Crippen LogP contribution in [-0.4, -0.2) is 41.9 Å². The van der Waals surface area contributed by atoms with Gasteiger partial charge in [-0.3, -0.25) is 0 Å². The third-order valence-electron chi connectivity index (χ3n) is 6.12. The SMILES string of the molecule is CCCc1cc(N2CCC(NCC(O)c3ccc(Cl)cc3)CC2)nc2sc(OC(N)=O)c(N)c12. The molecule has 1 aliphatic heterocycles. The average Bonchev–Trinajstić information content (AvgIpc) is 3.13. The molecule has 3 aromatic rings. The Hall–Kier alpha value is -2.59. The summed E-state index contributed by atoms with van der Waals surface area (Å²) in [4.78, 5) is 19.1. The lowest BCUT2D eigenvalue weighted by Gasteiger charge is -2.34. The number of anilines is 2. The number of ether oxygens (including phenoxy) is 1. The summed E-state index contributed by atoms with van der Waals surface area (Å²) in [5, 5.41) is 15.8. The minimum Gasteiger partial charge on any atom is -0.397 e. The Morgan fingerprint density at radius 2 is 2.06 bits per heavy atom. The fourth-order valence-corrected chi connectivity index (χ4v) is 5.47. The predicted octanol–water partition coefficient (Wildman–Crippen LogP) is 4.23. The zero-order valence-corrected chi connectivity index (χ0v) is 20.7. The number of aromatic nitrogens is 1. The summed E-state index contributed by atoms with van der Waals surface area (Å²) in [6.07, 6.45) is 2.24. The molecule has 1 saturated heterocycles. The van der Waals surface area contributed by atoms with E-state index in [0.717, 1.165) is 65.9 Å². The molecule has 10 heteroatoms. The highest BCUT2D eigenvalue weighted by Crippen LogP contribution is 2.42. The number of aryl methyl sites for hydroxylation is 1. The molecule has 34 heavy (non-hydrogen) atoms. The number of thiophene rings is 1. The largest absolute Gasteiger partial charge is 0.410 e. The van der Waals surface area contributed by atoms with Crippen molar-refractivity contribution in [2.45, 2.75) is 44.8 Å². The van der Waals surface area contributed by atoms with Gasteiger partial charge in [0.05, 0.1) is 11.8 Å². The summed E-state index contributed by atoms with van der Waals surface area (Å²) in [6.45, 7) is 4.31. The molecule has 6 N–H and O–H groups in total. The number of benzene rings is 1. The van der Waals surface area contributed by atoms with Crippen LogP contribution in [0.3, 0.4) is 0 Å². The molecule has 8 nitrogen and oxygen atoms in total. The number of nitrogen functional groups attached to an aromatic ring is 1. The third-order valence-corrected chi connectivity index (χ3v) is 7.35. The molecule has 1 fully saturated rings. The van der Waals surface area contributed by atoms with Crippen LogP contribution in [0.25, 0.3) is 10.2 Å². The number of aliphatic hydroxyl groups excluding tert-OH is 1. The summed E-state index contributed by atoms with van der Waals surface area (Å²) in [5.41, 5.74) is 13.8. The van der Waals surface area contributed by atoms with Gasteiger partial charge in [0, 0.05) is 36.1 Å². The number of nitrogens with one attached hydrogen (secondary N) is 1. The van der Waals surface area contributed by atoms with Gasteiger partial charge in [-0.15, -0.1) is 0 Å². The number of piperidine rings is 1. The molecule has 0 bridgehead atoms. The van der Waals surface area contributed by atoms with Crippen LogP contribution >= 0.6 is 22.9 Å². The second-order valence-electron chi connectivity index (χ2n) is 8.53. The van der Waals surface area contributed by atoms with Crippen LogP contribution in [0.15, 0.2) is 30.3 Å². The quantitative estimate of drug-likeness (QED) is 0.362. The van der Waals surface area contributed by atoms with E-state index < -0.39 is 12.2 Å². The molecule has 0 saturated carbocycles. The molecular formula is C24H30ClN5O3S. The summed E-state index contributed by atoms with van der Waals surface area (Å²) in [7, 11) is 0. The first-order valence-electron chi connectivity index (χ1n) is 11.5. The van der Waals surface area contributed by atoms with Crippen LogP contribution < -0.4 is 26.4 Å². The topological polar surface area (TPSA) is 127 Å². The van der Waals surface area contributed by atoms with Crippen molar-refractivity contribution in [3.8, 4) is 5.06 Å². The van der Waals surface area contributed by atoms with Gasteiger partial charge in [-0.2, -0.15) is 0 Å². The number of nitrogens with zero attached hydrogens (tertiary/aromatic N) is 2. The Balaban J connectivity index is 1.42. The first-order valence-corrected chi connectivity index (χ1v) is 12.7. The highest BCUT2D eigenvalue weighted by Gasteiger charge is 2.24. The summed E-state index contributed by atoms with van der Waals surface area (Å²) >= 11 is 7.18. The van der Waals surface area contributed by atoms with Gasteiger partial charge in [-0.05, 0) is 48.6 Å². The minimum atomic E-state index is -0.883. The Kier molecular flexibility index (Phi) is 7.77. The van der Waals surface area contributed by atoms with E-state index in [1.165, 1.54) is 11.3 Å². The van der Waals surface area contributed by atoms with Crippen molar-refractivity contribution in [1.29, 1.82) is 0 Å². The van der Waals surface area contributed by atoms with E-state index in [0.29, 0.717) is 28.4 Å². The van der Waals surface area contributed by atoms with Gasteiger partial charge in [-0.25, -0.2) is 9.78 Å². The predicted molar refractivity (Wildman–Crippen MR) is 138 cm³/mol. The van der Waals surface area contributed by atoms with E-state index in [1.54, 1.807) is 12.1 Å². The molecule has 182 valence electrons. The van der Waals surface area contributed by atoms with E-state index in [-0.39, 0.29) is 0 Å². The number of halogens is 1. The number of nitrogens with two attached hydrogens (primary N) is 2. The van der Waals surface area contributed by atoms with Crippen LogP contribution in [0.4, 0.5) is 16.3 Å². The standard InChI is InChI=1S/C24H30ClN5O3S/c1-2-3-15-12-19(29-22-20(15)21(26)23(34-22)33-24(27)32)30-10-8-17(9-11-30)28-13-18(31)14-4-6-16(25)7-5-14/h4-7,12,17-18,28,31H,2-3,8-11,13,26H2,1H3,(H2,27,32). The Morgan fingerprint density at radius 3 is 2.71 bits per heavy atom. The number of fused-ring (bicyclic) bond motifs is 1. The lowest BCUT2D eigenvalue weighted by atomic mass is 10.0. The second-order valence-corrected chi connectivity index (χ2v) is 9.93. The molecule has 3 heterocycles. The van der Waals surface area contributed by atoms with Crippen molar-refractivity contribution in [1.82, 2.24) is 10.3 Å². The first-order chi connectivity index (χ1) is 16.4. The molecular weight excluding hydrogens is 474 g/mol. The lowest BCUT2D eigenvalue weighted by Crippen LogP contribution is -2.44. The Bertz CT molecular complexity index is 1150. The maximum atomic E-state index is 11.2. The monoisotopic (exact) mass is 503 g/mol. The molecule has 1 atom stereocenters. The van der Waals surface area contributed by atoms with Crippen molar-refractivity contribution >= 4 is 50.8 Å². The molecule has 0 radical (unpaired) electrons. The summed E-state index contributed by atoms with van der Waals surface area (Å²) in [5.74, 6) is 0.905. The van der Waals surface area contributed by atoms with Gasteiger partial charge in [0.1, 0.15) is 10.6 Å². The van der Waals surface area contributed by atoms with E-state index in [9.17, 15) is 9.90 Å². The molecule has 0 spiro atoms. The van der Waals surface area contributed by atoms with Gasteiger partial charge in [0.15, 0.2) is 0 Å². The number of rotatable bonds is 8. The van der Waals surface area contributed by atoms with Crippen LogP contribution in [-0.2, 0) is 6.42 Å². The fraction of sp³-hybridized carbons (Fsp3) is 0.417. The van der Waals surface area contributed by atoms with Crippen molar-refractivity contribution in [2.24, 2.45) is 5.73 Å². The number of pyridine rings is 1. The average molecular weight is 504 g/mol. The molecule has 2 aromatic heterocycles. The molecule has 1 unspecified atom stereocenters. The van der Waals surface area contributed by atoms with E-state index >= 15 is 0 Å². The number of hydrogen-bond acceptors (Lipinski definition) is 8. The summed E-state index contributed by atoms with van der Waals surface area (Å²) in [6, 6.07) is 9.71. The van der Waals surface area contributed by atoms with Gasteiger partial charge in [0.25, 0.3) is 0 Å². The minimum absolute atomic E-state index is 0.298. The van der Waals surface area contributed by atoms with Gasteiger partial charge in [-0.1, -0.05) is 48.4 Å². The normalized spacial score (nSPS) is 15.6. The zero-order valence-electron chi connectivity index (χ0n) is 19.1. The van der Waals surface area contributed by atoms with Crippen LogP contribution in [0, 0.1) is 0 Å². The number of carbonyl (C=O) groups is 1. The van der Waals surface area contributed by atoms with Crippen molar-refractivity contribution in [2.75, 3.05) is 30.3 Å². The molecule has 1 amide bonds. The fourth-order valence-electron chi connectivity index (χ4n) is 4.35. The van der Waals surface area contributed by atoms with E-state index in [1.807, 2.05) is 12.1 Å². The van der Waals surface area contributed by atoms with Crippen molar-refractivity contribution in [3.05, 3.63) is 46.5 Å². The smallest absolute Gasteiger partial charge is 0.397 e. The number of aliphatic hydroxyl groups is 1. The van der Waals surface area contributed by atoms with Gasteiger partial charge < -0.3 is 31.5 Å². The Labute approximate surface area is 207 Å². The lowest BCUT2D eigenvalue weighted by molar-refractivity contribution is 0.167. The molecule has 1 aliphatic rings. The van der Waals surface area contributed by atoms with Gasteiger partial charge >= 0.3 is 6.09 Å². The molecule has 0 aliphatic carbocycles. The highest BCUT2D eigenvalue weighted by molar-refractivity contribution is 7.21. The zero-order chi connectivity index (χ0) is 24.2. The number of amides is 1. The number of primary amides is 1. The highest BCUT2D eigenvalue weighted by atomic mass is 35.5. The number of hydrogen-bond donors (Lipinski definition) is 4. The van der Waals surface area contributed by atoms with Crippen LogP contribution in [0.5, 0.6) is 5.06 Å². The maximum absolute atomic E-state index is 11.2. The first kappa shape index (κ1) is 24.5. The van der Waals surface area contributed by atoms with E-state index in [4.69, 9.17) is 32.8 Å². The summed E-state index contributed by atoms with van der Waals surface area (Å²) < 4.78 is 5.09.